The van der Waals surface area contributed by atoms with Crippen molar-refractivity contribution >= 4 is 0 Å². The summed E-state index contributed by atoms with van der Waals surface area (Å²) in [7, 11) is 0. The number of hydrogen-bond acceptors (Lipinski definition) is 3. The molecule has 0 atom stereocenters. The lowest BCUT2D eigenvalue weighted by Gasteiger charge is -1.95. The van der Waals surface area contributed by atoms with Gasteiger partial charge in [-0.05, 0) is 0 Å². The van der Waals surface area contributed by atoms with Crippen LogP contribution in [-0.2, 0) is 9.57 Å². The number of rotatable bonds is 0. The van der Waals surface area contributed by atoms with Crippen molar-refractivity contribution in [3.8, 4) is 0 Å². The molecule has 0 saturated carbocycles. The Hall–Kier alpha value is -0.540. The average Bonchev–Trinajstić information content (AvgIpc) is 1.90. The summed E-state index contributed by atoms with van der Waals surface area (Å²) >= 11 is 0. The first-order valence-electron chi connectivity index (χ1n) is 2.01. The molecule has 0 aromatic rings. The van der Waals surface area contributed by atoms with Crippen LogP contribution in [0.1, 0.15) is 0 Å². The SMILES string of the molecule is [C]1=COCNOC1. The van der Waals surface area contributed by atoms with E-state index in [-0.39, 0.29) is 0 Å². The fraction of sp³-hybridized carbons (Fsp3) is 0.500. The maximum atomic E-state index is 4.72. The van der Waals surface area contributed by atoms with Crippen LogP contribution in [0.4, 0.5) is 0 Å². The maximum Gasteiger partial charge on any atom is 0.160 e. The lowest BCUT2D eigenvalue weighted by molar-refractivity contribution is 0.0172. The van der Waals surface area contributed by atoms with Crippen LogP contribution in [0.15, 0.2) is 6.26 Å². The van der Waals surface area contributed by atoms with Crippen molar-refractivity contribution in [1.29, 1.82) is 0 Å². The molecule has 0 spiro atoms. The molecule has 0 fully saturated rings. The van der Waals surface area contributed by atoms with Crippen LogP contribution in [0, 0.1) is 6.08 Å². The highest BCUT2D eigenvalue weighted by atomic mass is 16.7. The second-order valence-electron chi connectivity index (χ2n) is 1.07. The summed E-state index contributed by atoms with van der Waals surface area (Å²) < 4.78 is 4.72. The summed E-state index contributed by atoms with van der Waals surface area (Å²) in [5.74, 6) is 0. The Labute approximate surface area is 41.9 Å². The number of hydrogen-bond donors (Lipinski definition) is 1. The third-order valence-electron chi connectivity index (χ3n) is 0.566. The molecular formula is C4H6NO2. The van der Waals surface area contributed by atoms with Crippen LogP contribution in [0.2, 0.25) is 0 Å². The molecule has 1 aliphatic heterocycles. The number of nitrogens with one attached hydrogen (secondary N) is 1. The average molecular weight is 100 g/mol. The van der Waals surface area contributed by atoms with Gasteiger partial charge in [-0.15, -0.1) is 0 Å². The molecule has 3 nitrogen and oxygen atoms in total. The monoisotopic (exact) mass is 100 g/mol. The number of ether oxygens (including phenoxy) is 1. The lowest BCUT2D eigenvalue weighted by Crippen LogP contribution is -2.14. The Balaban J connectivity index is 2.20. The highest BCUT2D eigenvalue weighted by Gasteiger charge is 1.86. The Morgan fingerprint density at radius 3 is 3.71 bits per heavy atom. The van der Waals surface area contributed by atoms with E-state index in [1.54, 1.807) is 0 Å². The molecule has 39 valence electrons. The summed E-state index contributed by atoms with van der Waals surface area (Å²) in [5.41, 5.74) is 2.53. The van der Waals surface area contributed by atoms with Crippen molar-refractivity contribution in [2.45, 2.75) is 0 Å². The van der Waals surface area contributed by atoms with Crippen LogP contribution in [-0.4, -0.2) is 13.3 Å². The molecule has 1 aliphatic rings. The highest BCUT2D eigenvalue weighted by molar-refractivity contribution is 4.62. The quantitative estimate of drug-likeness (QED) is 0.457. The summed E-state index contributed by atoms with van der Waals surface area (Å²) in [4.78, 5) is 4.68. The van der Waals surface area contributed by atoms with E-state index in [0.29, 0.717) is 13.3 Å². The third-order valence-corrected chi connectivity index (χ3v) is 0.566. The Morgan fingerprint density at radius 2 is 2.71 bits per heavy atom. The molecular weight excluding hydrogens is 94.0 g/mol. The summed E-state index contributed by atoms with van der Waals surface area (Å²) in [6.07, 6.45) is 4.20. The molecule has 0 aromatic heterocycles. The van der Waals surface area contributed by atoms with Crippen molar-refractivity contribution in [1.82, 2.24) is 5.48 Å². The molecule has 3 heteroatoms. The standard InChI is InChI=1S/C4H6NO2/c1-2-6-4-5-7-3-1/h2,5H,3-4H2. The van der Waals surface area contributed by atoms with Crippen LogP contribution in [0.25, 0.3) is 0 Å². The molecule has 0 aliphatic carbocycles. The van der Waals surface area contributed by atoms with E-state index in [0.717, 1.165) is 0 Å². The summed E-state index contributed by atoms with van der Waals surface area (Å²) in [6, 6.07) is 0. The zero-order valence-electron chi connectivity index (χ0n) is 3.81. The highest BCUT2D eigenvalue weighted by Crippen LogP contribution is 1.80. The first-order valence-corrected chi connectivity index (χ1v) is 2.01. The van der Waals surface area contributed by atoms with Crippen molar-refractivity contribution in [3.63, 3.8) is 0 Å². The molecule has 0 bridgehead atoms. The Morgan fingerprint density at radius 1 is 1.71 bits per heavy atom. The molecule has 0 aromatic carbocycles. The molecule has 0 amide bonds. The largest absolute Gasteiger partial charge is 0.483 e. The second kappa shape index (κ2) is 2.60. The van der Waals surface area contributed by atoms with E-state index in [2.05, 4.69) is 16.4 Å². The van der Waals surface area contributed by atoms with E-state index in [1.807, 2.05) is 0 Å². The predicted octanol–water partition coefficient (Wildman–Crippen LogP) is -0.188. The minimum Gasteiger partial charge on any atom is -0.483 e. The second-order valence-corrected chi connectivity index (χ2v) is 1.07. The summed E-state index contributed by atoms with van der Waals surface area (Å²) in [5, 5.41) is 0. The third kappa shape index (κ3) is 1.57. The lowest BCUT2D eigenvalue weighted by atomic mass is 10.7. The molecule has 7 heavy (non-hydrogen) atoms. The maximum absolute atomic E-state index is 4.72. The first kappa shape index (κ1) is 4.61. The van der Waals surface area contributed by atoms with Crippen molar-refractivity contribution in [2.24, 2.45) is 0 Å². The van der Waals surface area contributed by atoms with Gasteiger partial charge in [0.25, 0.3) is 0 Å². The van der Waals surface area contributed by atoms with Crippen molar-refractivity contribution in [2.75, 3.05) is 13.3 Å². The predicted molar refractivity (Wildman–Crippen MR) is 22.9 cm³/mol. The van der Waals surface area contributed by atoms with E-state index >= 15 is 0 Å². The topological polar surface area (TPSA) is 30.5 Å². The molecule has 1 heterocycles. The fourth-order valence-electron chi connectivity index (χ4n) is 0.303. The molecule has 1 N–H and O–H groups in total. The van der Waals surface area contributed by atoms with E-state index < -0.39 is 0 Å². The van der Waals surface area contributed by atoms with Gasteiger partial charge in [-0.3, -0.25) is 4.84 Å². The zero-order valence-corrected chi connectivity index (χ0v) is 3.81. The van der Waals surface area contributed by atoms with Gasteiger partial charge in [0.2, 0.25) is 0 Å². The van der Waals surface area contributed by atoms with Gasteiger partial charge in [-0.25, -0.2) is 0 Å². The van der Waals surface area contributed by atoms with Gasteiger partial charge in [0.05, 0.1) is 12.9 Å². The van der Waals surface area contributed by atoms with Crippen molar-refractivity contribution < 1.29 is 9.57 Å². The van der Waals surface area contributed by atoms with Gasteiger partial charge in [-0.2, -0.15) is 5.48 Å². The van der Waals surface area contributed by atoms with Gasteiger partial charge >= 0.3 is 0 Å². The molecule has 0 saturated heterocycles. The molecule has 1 rings (SSSR count). The van der Waals surface area contributed by atoms with Crippen LogP contribution in [0.3, 0.4) is 0 Å². The van der Waals surface area contributed by atoms with E-state index in [1.165, 1.54) is 6.26 Å². The van der Waals surface area contributed by atoms with Gasteiger partial charge in [-0.1, -0.05) is 0 Å². The smallest absolute Gasteiger partial charge is 0.160 e. The van der Waals surface area contributed by atoms with E-state index in [9.17, 15) is 0 Å². The Bertz CT molecular complexity index is 64.1. The van der Waals surface area contributed by atoms with Crippen molar-refractivity contribution in [3.05, 3.63) is 12.3 Å². The molecule has 0 unspecified atom stereocenters. The van der Waals surface area contributed by atoms with Crippen LogP contribution >= 0.6 is 0 Å². The fourth-order valence-corrected chi connectivity index (χ4v) is 0.303. The normalized spacial score (nSPS) is 20.6. The van der Waals surface area contributed by atoms with Crippen LogP contribution < -0.4 is 5.48 Å². The molecule has 1 radical (unpaired) electrons. The first-order chi connectivity index (χ1) is 3.50. The number of hydroxylamine groups is 1. The van der Waals surface area contributed by atoms with Gasteiger partial charge in [0.1, 0.15) is 0 Å². The summed E-state index contributed by atoms with van der Waals surface area (Å²) in [6.45, 7) is 0.868. The van der Waals surface area contributed by atoms with E-state index in [4.69, 9.17) is 4.74 Å². The zero-order chi connectivity index (χ0) is 4.95. The minimum absolute atomic E-state index is 0.410. The van der Waals surface area contributed by atoms with Gasteiger partial charge in [0, 0.05) is 6.08 Å². The van der Waals surface area contributed by atoms with Gasteiger partial charge in [0.15, 0.2) is 6.73 Å². The minimum atomic E-state index is 0.410. The van der Waals surface area contributed by atoms with Crippen LogP contribution in [0.5, 0.6) is 0 Å². The Kier molecular flexibility index (Phi) is 1.72. The van der Waals surface area contributed by atoms with Gasteiger partial charge < -0.3 is 4.74 Å².